The molecule has 2 saturated carbocycles. The second-order valence-corrected chi connectivity index (χ2v) is 5.40. The molecule has 0 aromatic carbocycles. The van der Waals surface area contributed by atoms with Crippen LogP contribution >= 0.6 is 0 Å². The lowest BCUT2D eigenvalue weighted by Gasteiger charge is -2.22. The molecule has 5 nitrogen and oxygen atoms in total. The van der Waals surface area contributed by atoms with Crippen LogP contribution in [-0.4, -0.2) is 29.8 Å². The molecule has 0 bridgehead atoms. The molecule has 1 heterocycles. The number of methoxy groups -OCH3 is 1. The first-order chi connectivity index (χ1) is 8.82. The van der Waals surface area contributed by atoms with E-state index in [1.165, 1.54) is 25.7 Å². The van der Waals surface area contributed by atoms with Gasteiger partial charge in [0.1, 0.15) is 5.60 Å². The highest BCUT2D eigenvalue weighted by Crippen LogP contribution is 2.40. The van der Waals surface area contributed by atoms with Crippen LogP contribution in [0.1, 0.15) is 50.2 Å². The van der Waals surface area contributed by atoms with E-state index in [1.807, 2.05) is 0 Å². The number of rotatable bonds is 6. The lowest BCUT2D eigenvalue weighted by Crippen LogP contribution is -2.26. The fourth-order valence-electron chi connectivity index (χ4n) is 2.68. The third-order valence-electron chi connectivity index (χ3n) is 4.03. The second-order valence-electron chi connectivity index (χ2n) is 5.40. The second kappa shape index (κ2) is 4.97. The summed E-state index contributed by atoms with van der Waals surface area (Å²) in [6, 6.07) is 0.729. The molecule has 1 aromatic heterocycles. The number of nitrogens with zero attached hydrogens (tertiary/aromatic N) is 2. The third-order valence-corrected chi connectivity index (χ3v) is 4.03. The molecular formula is C13H21N3O2. The van der Waals surface area contributed by atoms with Crippen molar-refractivity contribution in [2.75, 3.05) is 13.7 Å². The molecule has 0 radical (unpaired) electrons. The maximum absolute atomic E-state index is 5.65. The van der Waals surface area contributed by atoms with Crippen molar-refractivity contribution in [3.8, 4) is 0 Å². The monoisotopic (exact) mass is 251 g/mol. The summed E-state index contributed by atoms with van der Waals surface area (Å²) < 4.78 is 11.0. The number of nitrogens with one attached hydrogen (secondary N) is 1. The van der Waals surface area contributed by atoms with Crippen LogP contribution in [0.15, 0.2) is 4.52 Å². The van der Waals surface area contributed by atoms with Crippen molar-refractivity contribution < 1.29 is 9.26 Å². The first-order valence-corrected chi connectivity index (χ1v) is 6.94. The van der Waals surface area contributed by atoms with E-state index in [0.717, 1.165) is 43.6 Å². The molecule has 2 aliphatic carbocycles. The van der Waals surface area contributed by atoms with E-state index in [-0.39, 0.29) is 5.60 Å². The number of aromatic nitrogens is 2. The van der Waals surface area contributed by atoms with E-state index in [0.29, 0.717) is 0 Å². The fraction of sp³-hybridized carbons (Fsp3) is 0.846. The van der Waals surface area contributed by atoms with Gasteiger partial charge in [-0.3, -0.25) is 0 Å². The molecule has 0 saturated heterocycles. The largest absolute Gasteiger partial charge is 0.370 e. The van der Waals surface area contributed by atoms with Crippen LogP contribution in [-0.2, 0) is 16.8 Å². The predicted octanol–water partition coefficient (Wildman–Crippen LogP) is 1.78. The third kappa shape index (κ3) is 2.42. The Labute approximate surface area is 107 Å². The minimum absolute atomic E-state index is 0.286. The standard InChI is InChI=1S/C13H21N3O2/c1-17-13(7-2-3-8-13)12-15-11(18-16-12)6-9-14-10-4-5-10/h10,14H,2-9H2,1H3. The van der Waals surface area contributed by atoms with Crippen molar-refractivity contribution in [2.45, 2.75) is 56.6 Å². The zero-order chi connectivity index (χ0) is 12.4. The van der Waals surface area contributed by atoms with Gasteiger partial charge in [0.2, 0.25) is 11.7 Å². The quantitative estimate of drug-likeness (QED) is 0.835. The van der Waals surface area contributed by atoms with Crippen LogP contribution in [0, 0.1) is 0 Å². The van der Waals surface area contributed by atoms with Crippen molar-refractivity contribution in [1.82, 2.24) is 15.5 Å². The first-order valence-electron chi connectivity index (χ1n) is 6.94. The zero-order valence-electron chi connectivity index (χ0n) is 10.9. The molecule has 5 heteroatoms. The molecule has 1 aromatic rings. The van der Waals surface area contributed by atoms with E-state index < -0.39 is 0 Å². The van der Waals surface area contributed by atoms with Gasteiger partial charge in [0.25, 0.3) is 0 Å². The van der Waals surface area contributed by atoms with E-state index in [9.17, 15) is 0 Å². The van der Waals surface area contributed by atoms with E-state index in [2.05, 4.69) is 15.5 Å². The Morgan fingerprint density at radius 1 is 1.39 bits per heavy atom. The smallest absolute Gasteiger partial charge is 0.228 e. The highest BCUT2D eigenvalue weighted by molar-refractivity contribution is 5.04. The van der Waals surface area contributed by atoms with Crippen LogP contribution in [0.25, 0.3) is 0 Å². The SMILES string of the molecule is COC1(c2noc(CCNC3CC3)n2)CCCC1. The van der Waals surface area contributed by atoms with Gasteiger partial charge < -0.3 is 14.6 Å². The summed E-state index contributed by atoms with van der Waals surface area (Å²) in [6.07, 6.45) is 7.79. The molecule has 0 aliphatic heterocycles. The van der Waals surface area contributed by atoms with Gasteiger partial charge in [-0.05, 0) is 38.5 Å². The highest BCUT2D eigenvalue weighted by Gasteiger charge is 2.40. The lowest BCUT2D eigenvalue weighted by molar-refractivity contribution is -0.0178. The summed E-state index contributed by atoms with van der Waals surface area (Å²) in [5.74, 6) is 1.46. The summed E-state index contributed by atoms with van der Waals surface area (Å²) in [7, 11) is 1.75. The molecule has 0 amide bonds. The van der Waals surface area contributed by atoms with Crippen molar-refractivity contribution in [3.63, 3.8) is 0 Å². The topological polar surface area (TPSA) is 60.2 Å². The molecule has 0 atom stereocenters. The average molecular weight is 251 g/mol. The molecule has 3 rings (SSSR count). The maximum Gasteiger partial charge on any atom is 0.228 e. The van der Waals surface area contributed by atoms with Crippen LogP contribution < -0.4 is 5.32 Å². The van der Waals surface area contributed by atoms with Crippen molar-refractivity contribution in [1.29, 1.82) is 0 Å². The molecule has 0 spiro atoms. The number of hydrogen-bond donors (Lipinski definition) is 1. The van der Waals surface area contributed by atoms with Crippen LogP contribution in [0.4, 0.5) is 0 Å². The Bertz CT molecular complexity index is 395. The molecular weight excluding hydrogens is 230 g/mol. The maximum atomic E-state index is 5.65. The summed E-state index contributed by atoms with van der Waals surface area (Å²) in [5, 5.41) is 7.56. The van der Waals surface area contributed by atoms with Gasteiger partial charge in [-0.2, -0.15) is 4.98 Å². The summed E-state index contributed by atoms with van der Waals surface area (Å²) in [6.45, 7) is 0.923. The van der Waals surface area contributed by atoms with Crippen LogP contribution in [0.5, 0.6) is 0 Å². The molecule has 100 valence electrons. The van der Waals surface area contributed by atoms with Gasteiger partial charge in [0, 0.05) is 26.1 Å². The van der Waals surface area contributed by atoms with Crippen molar-refractivity contribution in [2.24, 2.45) is 0 Å². The van der Waals surface area contributed by atoms with Crippen LogP contribution in [0.3, 0.4) is 0 Å². The van der Waals surface area contributed by atoms with Gasteiger partial charge in [0.05, 0.1) is 0 Å². The Hall–Kier alpha value is -0.940. The summed E-state index contributed by atoms with van der Waals surface area (Å²) >= 11 is 0. The molecule has 2 fully saturated rings. The van der Waals surface area contributed by atoms with Crippen molar-refractivity contribution in [3.05, 3.63) is 11.7 Å². The van der Waals surface area contributed by atoms with E-state index in [1.54, 1.807) is 7.11 Å². The van der Waals surface area contributed by atoms with E-state index >= 15 is 0 Å². The highest BCUT2D eigenvalue weighted by atomic mass is 16.5. The van der Waals surface area contributed by atoms with Crippen molar-refractivity contribution >= 4 is 0 Å². The van der Waals surface area contributed by atoms with Gasteiger partial charge in [0.15, 0.2) is 0 Å². The minimum Gasteiger partial charge on any atom is -0.370 e. The number of ether oxygens (including phenoxy) is 1. The average Bonchev–Trinajstić information content (AvgIpc) is 2.92. The molecule has 2 aliphatic rings. The molecule has 18 heavy (non-hydrogen) atoms. The molecule has 0 unspecified atom stereocenters. The summed E-state index contributed by atoms with van der Waals surface area (Å²) in [4.78, 5) is 4.51. The van der Waals surface area contributed by atoms with Gasteiger partial charge in [-0.25, -0.2) is 0 Å². The minimum atomic E-state index is -0.286. The Morgan fingerprint density at radius 3 is 2.83 bits per heavy atom. The van der Waals surface area contributed by atoms with E-state index in [4.69, 9.17) is 9.26 Å². The fourth-order valence-corrected chi connectivity index (χ4v) is 2.68. The normalized spacial score (nSPS) is 22.5. The van der Waals surface area contributed by atoms with Gasteiger partial charge in [-0.1, -0.05) is 5.16 Å². The zero-order valence-corrected chi connectivity index (χ0v) is 10.9. The predicted molar refractivity (Wildman–Crippen MR) is 66.2 cm³/mol. The van der Waals surface area contributed by atoms with Crippen LogP contribution in [0.2, 0.25) is 0 Å². The Balaban J connectivity index is 1.60. The molecule has 1 N–H and O–H groups in total. The number of hydrogen-bond acceptors (Lipinski definition) is 5. The van der Waals surface area contributed by atoms with Gasteiger partial charge >= 0.3 is 0 Å². The van der Waals surface area contributed by atoms with Gasteiger partial charge in [-0.15, -0.1) is 0 Å². The lowest BCUT2D eigenvalue weighted by atomic mass is 10.0. The summed E-state index contributed by atoms with van der Waals surface area (Å²) in [5.41, 5.74) is -0.286. The Morgan fingerprint density at radius 2 is 2.17 bits per heavy atom. The Kier molecular flexibility index (Phi) is 3.35. The first kappa shape index (κ1) is 12.1.